The molecule has 0 bridgehead atoms. The Hall–Kier alpha value is -1.26. The first kappa shape index (κ1) is 15.8. The molecule has 0 unspecified atom stereocenters. The summed E-state index contributed by atoms with van der Waals surface area (Å²) in [5.41, 5.74) is 6.70. The Morgan fingerprint density at radius 2 is 2.00 bits per heavy atom. The van der Waals surface area contributed by atoms with Crippen LogP contribution in [-0.4, -0.2) is 33.5 Å². The van der Waals surface area contributed by atoms with Crippen LogP contribution >= 0.6 is 0 Å². The minimum atomic E-state index is 0.539. The van der Waals surface area contributed by atoms with Crippen molar-refractivity contribution in [2.24, 2.45) is 11.7 Å². The van der Waals surface area contributed by atoms with Crippen molar-refractivity contribution < 1.29 is 14.2 Å². The molecule has 0 aliphatic heterocycles. The summed E-state index contributed by atoms with van der Waals surface area (Å²) in [4.78, 5) is 0. The Kier molecular flexibility index (Phi) is 7.30. The lowest BCUT2D eigenvalue weighted by Crippen LogP contribution is -2.12. The summed E-state index contributed by atoms with van der Waals surface area (Å²) < 4.78 is 16.5. The second-order valence-electron chi connectivity index (χ2n) is 4.83. The van der Waals surface area contributed by atoms with Gasteiger partial charge in [-0.05, 0) is 30.5 Å². The van der Waals surface area contributed by atoms with Crippen LogP contribution in [-0.2, 0) is 11.2 Å². The largest absolute Gasteiger partial charge is 0.497 e. The van der Waals surface area contributed by atoms with E-state index in [-0.39, 0.29) is 0 Å². The third-order valence-corrected chi connectivity index (χ3v) is 2.62. The summed E-state index contributed by atoms with van der Waals surface area (Å²) in [7, 11) is 1.65. The van der Waals surface area contributed by atoms with Gasteiger partial charge in [0.1, 0.15) is 18.1 Å². The fraction of sp³-hybridized carbons (Fsp3) is 0.600. The summed E-state index contributed by atoms with van der Waals surface area (Å²) in [6.45, 7) is 6.75. The molecule has 0 amide bonds. The highest BCUT2D eigenvalue weighted by atomic mass is 16.5. The van der Waals surface area contributed by atoms with E-state index in [0.717, 1.165) is 30.1 Å². The first-order valence-corrected chi connectivity index (χ1v) is 6.75. The van der Waals surface area contributed by atoms with Crippen molar-refractivity contribution in [3.05, 3.63) is 23.8 Å². The summed E-state index contributed by atoms with van der Waals surface area (Å²) >= 11 is 0. The van der Waals surface area contributed by atoms with Crippen LogP contribution in [0.4, 0.5) is 0 Å². The maximum Gasteiger partial charge on any atom is 0.126 e. The van der Waals surface area contributed by atoms with Crippen LogP contribution in [0.25, 0.3) is 0 Å². The smallest absolute Gasteiger partial charge is 0.126 e. The number of rotatable bonds is 9. The molecule has 0 spiro atoms. The van der Waals surface area contributed by atoms with Gasteiger partial charge in [-0.25, -0.2) is 0 Å². The minimum absolute atomic E-state index is 0.539. The van der Waals surface area contributed by atoms with E-state index in [1.807, 2.05) is 18.2 Å². The van der Waals surface area contributed by atoms with Crippen LogP contribution in [0.15, 0.2) is 18.2 Å². The average molecular weight is 267 g/mol. The van der Waals surface area contributed by atoms with Gasteiger partial charge >= 0.3 is 0 Å². The highest BCUT2D eigenvalue weighted by molar-refractivity contribution is 5.40. The van der Waals surface area contributed by atoms with Crippen LogP contribution in [0, 0.1) is 5.92 Å². The monoisotopic (exact) mass is 267 g/mol. The second kappa shape index (κ2) is 8.77. The van der Waals surface area contributed by atoms with E-state index in [4.69, 9.17) is 19.9 Å². The standard InChI is InChI=1S/C15H25NO3/c1-12(2)11-18-8-9-19-15-10-14(17-3)5-4-13(15)6-7-16/h4-5,10,12H,6-9,11,16H2,1-3H3. The molecule has 0 radical (unpaired) electrons. The van der Waals surface area contributed by atoms with Gasteiger partial charge in [-0.2, -0.15) is 0 Å². The lowest BCUT2D eigenvalue weighted by atomic mass is 10.1. The maximum absolute atomic E-state index is 5.75. The van der Waals surface area contributed by atoms with Crippen molar-refractivity contribution in [1.82, 2.24) is 0 Å². The highest BCUT2D eigenvalue weighted by Gasteiger charge is 2.05. The first-order chi connectivity index (χ1) is 9.17. The fourth-order valence-electron chi connectivity index (χ4n) is 1.69. The molecule has 108 valence electrons. The zero-order valence-corrected chi connectivity index (χ0v) is 12.1. The highest BCUT2D eigenvalue weighted by Crippen LogP contribution is 2.25. The van der Waals surface area contributed by atoms with Crippen LogP contribution in [0.1, 0.15) is 19.4 Å². The molecule has 4 heteroatoms. The third kappa shape index (κ3) is 5.94. The molecule has 0 heterocycles. The van der Waals surface area contributed by atoms with E-state index in [1.165, 1.54) is 0 Å². The van der Waals surface area contributed by atoms with Gasteiger partial charge in [0.25, 0.3) is 0 Å². The van der Waals surface area contributed by atoms with Gasteiger partial charge < -0.3 is 19.9 Å². The van der Waals surface area contributed by atoms with E-state index < -0.39 is 0 Å². The SMILES string of the molecule is COc1ccc(CCN)c(OCCOCC(C)C)c1. The molecule has 4 nitrogen and oxygen atoms in total. The van der Waals surface area contributed by atoms with Gasteiger partial charge in [0.2, 0.25) is 0 Å². The molecule has 0 aromatic heterocycles. The molecule has 0 aliphatic carbocycles. The Morgan fingerprint density at radius 1 is 1.21 bits per heavy atom. The van der Waals surface area contributed by atoms with E-state index in [2.05, 4.69) is 13.8 Å². The van der Waals surface area contributed by atoms with E-state index in [1.54, 1.807) is 7.11 Å². The summed E-state index contributed by atoms with van der Waals surface area (Å²) in [5, 5.41) is 0. The summed E-state index contributed by atoms with van der Waals surface area (Å²) in [6.07, 6.45) is 0.798. The van der Waals surface area contributed by atoms with Gasteiger partial charge in [-0.1, -0.05) is 19.9 Å². The van der Waals surface area contributed by atoms with Crippen molar-refractivity contribution in [1.29, 1.82) is 0 Å². The van der Waals surface area contributed by atoms with Crippen LogP contribution in [0.5, 0.6) is 11.5 Å². The van der Waals surface area contributed by atoms with Gasteiger partial charge in [0.05, 0.1) is 13.7 Å². The number of benzene rings is 1. The quantitative estimate of drug-likeness (QED) is 0.697. The lowest BCUT2D eigenvalue weighted by molar-refractivity contribution is 0.0816. The molecular weight excluding hydrogens is 242 g/mol. The molecule has 0 saturated carbocycles. The molecule has 0 atom stereocenters. The van der Waals surface area contributed by atoms with Crippen LogP contribution in [0.3, 0.4) is 0 Å². The molecule has 0 saturated heterocycles. The van der Waals surface area contributed by atoms with E-state index >= 15 is 0 Å². The predicted octanol–water partition coefficient (Wildman–Crippen LogP) is 2.25. The second-order valence-corrected chi connectivity index (χ2v) is 4.83. The lowest BCUT2D eigenvalue weighted by Gasteiger charge is -2.13. The van der Waals surface area contributed by atoms with Gasteiger partial charge in [0.15, 0.2) is 0 Å². The Bertz CT molecular complexity index is 366. The fourth-order valence-corrected chi connectivity index (χ4v) is 1.69. The Morgan fingerprint density at radius 3 is 2.63 bits per heavy atom. The number of methoxy groups -OCH3 is 1. The minimum Gasteiger partial charge on any atom is -0.497 e. The zero-order chi connectivity index (χ0) is 14.1. The summed E-state index contributed by atoms with van der Waals surface area (Å²) in [5.74, 6) is 2.17. The van der Waals surface area contributed by atoms with Crippen molar-refractivity contribution >= 4 is 0 Å². The molecule has 2 N–H and O–H groups in total. The zero-order valence-electron chi connectivity index (χ0n) is 12.1. The molecule has 1 aromatic rings. The molecular formula is C15H25NO3. The third-order valence-electron chi connectivity index (χ3n) is 2.62. The predicted molar refractivity (Wildman–Crippen MR) is 76.9 cm³/mol. The van der Waals surface area contributed by atoms with Gasteiger partial charge in [-0.3, -0.25) is 0 Å². The van der Waals surface area contributed by atoms with Crippen molar-refractivity contribution in [2.75, 3.05) is 33.5 Å². The van der Waals surface area contributed by atoms with Crippen molar-refractivity contribution in [3.63, 3.8) is 0 Å². The number of hydrogen-bond acceptors (Lipinski definition) is 4. The number of ether oxygens (including phenoxy) is 3. The van der Waals surface area contributed by atoms with Crippen LogP contribution < -0.4 is 15.2 Å². The summed E-state index contributed by atoms with van der Waals surface area (Å²) in [6, 6.07) is 5.82. The van der Waals surface area contributed by atoms with E-state index in [9.17, 15) is 0 Å². The molecule has 1 rings (SSSR count). The number of hydrogen-bond donors (Lipinski definition) is 1. The number of nitrogens with two attached hydrogens (primary N) is 1. The van der Waals surface area contributed by atoms with Crippen molar-refractivity contribution in [3.8, 4) is 11.5 Å². The Labute approximate surface area is 115 Å². The van der Waals surface area contributed by atoms with Crippen molar-refractivity contribution in [2.45, 2.75) is 20.3 Å². The normalized spacial score (nSPS) is 10.8. The molecule has 0 fully saturated rings. The molecule has 19 heavy (non-hydrogen) atoms. The maximum atomic E-state index is 5.75. The van der Waals surface area contributed by atoms with E-state index in [0.29, 0.717) is 25.7 Å². The Balaban J connectivity index is 2.49. The molecule has 0 aliphatic rings. The first-order valence-electron chi connectivity index (χ1n) is 6.75. The van der Waals surface area contributed by atoms with Gasteiger partial charge in [0, 0.05) is 12.7 Å². The van der Waals surface area contributed by atoms with Crippen LogP contribution in [0.2, 0.25) is 0 Å². The van der Waals surface area contributed by atoms with Gasteiger partial charge in [-0.15, -0.1) is 0 Å². The average Bonchev–Trinajstić information content (AvgIpc) is 2.40. The topological polar surface area (TPSA) is 53.7 Å². The molecule has 1 aromatic carbocycles.